The lowest BCUT2D eigenvalue weighted by Gasteiger charge is -2.20. The maximum Gasteiger partial charge on any atom is 0.101 e. The number of nitrogens with zero attached hydrogens (tertiary/aromatic N) is 3. The van der Waals surface area contributed by atoms with E-state index in [1.54, 1.807) is 0 Å². The van der Waals surface area contributed by atoms with Gasteiger partial charge in [0, 0.05) is 27.2 Å². The Kier molecular flexibility index (Phi) is 7.70. The fourth-order valence-electron chi connectivity index (χ4n) is 7.70. The van der Waals surface area contributed by atoms with Crippen LogP contribution in [-0.4, -0.2) is 9.13 Å². The summed E-state index contributed by atoms with van der Waals surface area (Å²) in [7, 11) is 0. The van der Waals surface area contributed by atoms with Gasteiger partial charge in [0.25, 0.3) is 0 Å². The zero-order chi connectivity index (χ0) is 37.0. The highest BCUT2D eigenvalue weighted by Crippen LogP contribution is 2.41. The molecule has 0 N–H and O–H groups in total. The predicted octanol–water partition coefficient (Wildman–Crippen LogP) is 13.3. The molecule has 0 unspecified atom stereocenters. The second-order valence-electron chi connectivity index (χ2n) is 18.9. The summed E-state index contributed by atoms with van der Waals surface area (Å²) in [5, 5.41) is 15.9. The normalized spacial score (nSPS) is 13.2. The molecule has 2 aromatic heterocycles. The third kappa shape index (κ3) is 5.74. The largest absolute Gasteiger partial charge is 0.309 e. The van der Waals surface area contributed by atoms with Crippen molar-refractivity contribution in [3.63, 3.8) is 0 Å². The number of hydrogen-bond donors (Lipinski definition) is 0. The molecule has 0 amide bonds. The summed E-state index contributed by atoms with van der Waals surface area (Å²) in [5.74, 6) is 0. The molecule has 0 spiro atoms. The summed E-state index contributed by atoms with van der Waals surface area (Å²) in [6.45, 7) is 29.4. The highest BCUT2D eigenvalue weighted by Gasteiger charge is 2.25. The fourth-order valence-corrected chi connectivity index (χ4v) is 7.70. The molecule has 0 radical (unpaired) electrons. The van der Waals surface area contributed by atoms with Crippen LogP contribution in [0.5, 0.6) is 0 Å². The second kappa shape index (κ2) is 11.3. The topological polar surface area (TPSA) is 33.6 Å². The van der Waals surface area contributed by atoms with Gasteiger partial charge in [0.05, 0.1) is 33.3 Å². The summed E-state index contributed by atoms with van der Waals surface area (Å²) < 4.78 is 4.69. The van der Waals surface area contributed by atoms with Crippen LogP contribution in [0.4, 0.5) is 0 Å². The molecule has 0 aliphatic carbocycles. The molecule has 0 aliphatic heterocycles. The number of aromatic nitrogens is 2. The number of benzene rings is 5. The molecule has 0 saturated heterocycles. The van der Waals surface area contributed by atoms with Crippen molar-refractivity contribution < 1.29 is 0 Å². The SMILES string of the molecule is Cc1cc(-n2c3ccc(C(C)(C)C)cc3c3cc(C(C)(C)C)ccc32)cc(C#N)c1-n1c2ccc(C(C)(C)C)cc2c2cc(C(C)(C)C)ccc21. The van der Waals surface area contributed by atoms with Crippen molar-refractivity contribution in [2.45, 2.75) is 112 Å². The minimum atomic E-state index is 0.0171. The molecule has 0 aliphatic rings. The molecule has 5 aromatic carbocycles. The Morgan fingerprint density at radius 2 is 0.745 bits per heavy atom. The summed E-state index contributed by atoms with van der Waals surface area (Å²) in [4.78, 5) is 0. The van der Waals surface area contributed by atoms with Gasteiger partial charge in [0.1, 0.15) is 6.07 Å². The molecule has 51 heavy (non-hydrogen) atoms. The monoisotopic (exact) mass is 671 g/mol. The van der Waals surface area contributed by atoms with Gasteiger partial charge in [-0.2, -0.15) is 5.26 Å². The van der Waals surface area contributed by atoms with Crippen molar-refractivity contribution in [3.05, 3.63) is 118 Å². The quantitative estimate of drug-likeness (QED) is 0.180. The van der Waals surface area contributed by atoms with E-state index in [9.17, 15) is 5.26 Å². The van der Waals surface area contributed by atoms with Crippen LogP contribution < -0.4 is 0 Å². The molecule has 3 nitrogen and oxygen atoms in total. The number of nitriles is 1. The van der Waals surface area contributed by atoms with Gasteiger partial charge < -0.3 is 9.13 Å². The summed E-state index contributed by atoms with van der Waals surface area (Å²) in [5.41, 5.74) is 13.6. The van der Waals surface area contributed by atoms with Crippen LogP contribution in [0, 0.1) is 18.3 Å². The summed E-state index contributed by atoms with van der Waals surface area (Å²) in [6, 6.07) is 34.6. The first kappa shape index (κ1) is 34.6. The Morgan fingerprint density at radius 1 is 0.431 bits per heavy atom. The highest BCUT2D eigenvalue weighted by atomic mass is 15.0. The maximum absolute atomic E-state index is 10.9. The first-order valence-corrected chi connectivity index (χ1v) is 18.4. The first-order chi connectivity index (χ1) is 23.7. The van der Waals surface area contributed by atoms with E-state index in [-0.39, 0.29) is 21.7 Å². The van der Waals surface area contributed by atoms with Gasteiger partial charge in [-0.1, -0.05) is 107 Å². The zero-order valence-corrected chi connectivity index (χ0v) is 32.9. The van der Waals surface area contributed by atoms with Crippen LogP contribution in [0.1, 0.15) is 116 Å². The lowest BCUT2D eigenvalue weighted by molar-refractivity contribution is 0.590. The third-order valence-corrected chi connectivity index (χ3v) is 10.9. The average Bonchev–Trinajstić information content (AvgIpc) is 3.54. The van der Waals surface area contributed by atoms with E-state index in [0.717, 1.165) is 39.0 Å². The van der Waals surface area contributed by atoms with E-state index in [0.29, 0.717) is 5.56 Å². The Labute approximate surface area is 304 Å². The minimum absolute atomic E-state index is 0.0171. The van der Waals surface area contributed by atoms with Crippen LogP contribution in [0.25, 0.3) is 55.0 Å². The summed E-state index contributed by atoms with van der Waals surface area (Å²) in [6.07, 6.45) is 0. The van der Waals surface area contributed by atoms with Crippen molar-refractivity contribution in [2.75, 3.05) is 0 Å². The van der Waals surface area contributed by atoms with Crippen molar-refractivity contribution in [1.82, 2.24) is 9.13 Å². The number of aryl methyl sites for hydroxylation is 1. The number of hydrogen-bond acceptors (Lipinski definition) is 1. The van der Waals surface area contributed by atoms with E-state index < -0.39 is 0 Å². The molecule has 3 heteroatoms. The Bertz CT molecular complexity index is 2430. The molecule has 0 atom stereocenters. The molecule has 260 valence electrons. The average molecular weight is 672 g/mol. The standard InChI is InChI=1S/C48H53N3/c1-29-22-35(50-40-18-14-31(45(2,3)4)24-36(40)37-25-32(46(5,6)7)15-19-41(37)50)23-30(28-49)44(29)51-42-20-16-33(47(8,9)10)26-38(42)39-27-34(48(11,12)13)17-21-43(39)51/h14-27H,1-13H3. The van der Waals surface area contributed by atoms with E-state index in [4.69, 9.17) is 0 Å². The van der Waals surface area contributed by atoms with E-state index >= 15 is 0 Å². The van der Waals surface area contributed by atoms with Crippen molar-refractivity contribution in [1.29, 1.82) is 5.26 Å². The van der Waals surface area contributed by atoms with Crippen LogP contribution in [0.15, 0.2) is 84.9 Å². The summed E-state index contributed by atoms with van der Waals surface area (Å²) >= 11 is 0. The molecular formula is C48H53N3. The number of rotatable bonds is 2. The van der Waals surface area contributed by atoms with Crippen molar-refractivity contribution in [3.8, 4) is 17.4 Å². The van der Waals surface area contributed by atoms with E-state index in [2.05, 4.69) is 190 Å². The Balaban J connectivity index is 1.53. The van der Waals surface area contributed by atoms with E-state index in [1.807, 2.05) is 0 Å². The highest BCUT2D eigenvalue weighted by molar-refractivity contribution is 6.11. The van der Waals surface area contributed by atoms with Gasteiger partial charge in [-0.3, -0.25) is 0 Å². The fraction of sp³-hybridized carbons (Fsp3) is 0.354. The van der Waals surface area contributed by atoms with Crippen LogP contribution in [-0.2, 0) is 21.7 Å². The molecule has 0 bridgehead atoms. The predicted molar refractivity (Wildman–Crippen MR) is 219 cm³/mol. The Hall–Kier alpha value is -4.81. The van der Waals surface area contributed by atoms with Crippen molar-refractivity contribution >= 4 is 43.6 Å². The van der Waals surface area contributed by atoms with Gasteiger partial charge in [-0.15, -0.1) is 0 Å². The molecule has 0 fully saturated rings. The molecule has 7 aromatic rings. The zero-order valence-electron chi connectivity index (χ0n) is 32.9. The van der Waals surface area contributed by atoms with Gasteiger partial charge in [-0.25, -0.2) is 0 Å². The molecule has 0 saturated carbocycles. The molecular weight excluding hydrogens is 619 g/mol. The van der Waals surface area contributed by atoms with Gasteiger partial charge >= 0.3 is 0 Å². The van der Waals surface area contributed by atoms with Crippen LogP contribution in [0.3, 0.4) is 0 Å². The first-order valence-electron chi connectivity index (χ1n) is 18.4. The molecule has 2 heterocycles. The second-order valence-corrected chi connectivity index (χ2v) is 18.9. The lowest BCUT2D eigenvalue weighted by Crippen LogP contribution is -2.10. The van der Waals surface area contributed by atoms with Crippen molar-refractivity contribution in [2.24, 2.45) is 0 Å². The van der Waals surface area contributed by atoms with Gasteiger partial charge in [-0.05, 0) is 117 Å². The number of fused-ring (bicyclic) bond motifs is 6. The Morgan fingerprint density at radius 3 is 1.04 bits per heavy atom. The van der Waals surface area contributed by atoms with Crippen LogP contribution >= 0.6 is 0 Å². The molecule has 7 rings (SSSR count). The maximum atomic E-state index is 10.9. The smallest absolute Gasteiger partial charge is 0.101 e. The van der Waals surface area contributed by atoms with Gasteiger partial charge in [0.2, 0.25) is 0 Å². The van der Waals surface area contributed by atoms with E-state index in [1.165, 1.54) is 43.8 Å². The third-order valence-electron chi connectivity index (χ3n) is 10.9. The minimum Gasteiger partial charge on any atom is -0.309 e. The van der Waals surface area contributed by atoms with Crippen LogP contribution in [0.2, 0.25) is 0 Å². The lowest BCUT2D eigenvalue weighted by atomic mass is 9.85. The van der Waals surface area contributed by atoms with Gasteiger partial charge in [0.15, 0.2) is 0 Å².